The third-order valence-electron chi connectivity index (χ3n) is 11.4. The molecule has 0 aromatic heterocycles. The van der Waals surface area contributed by atoms with Crippen molar-refractivity contribution < 1.29 is 17.9 Å². The number of rotatable bonds is 3. The molecule has 2 aliphatic heterocycles. The van der Waals surface area contributed by atoms with Crippen molar-refractivity contribution in [1.82, 2.24) is 0 Å². The van der Waals surface area contributed by atoms with E-state index in [2.05, 4.69) is 124 Å². The molecule has 0 fully saturated rings. The number of anilines is 6. The van der Waals surface area contributed by atoms with Crippen molar-refractivity contribution in [1.29, 1.82) is 0 Å². The Morgan fingerprint density at radius 1 is 0.482 bits per heavy atom. The van der Waals surface area contributed by atoms with Crippen LogP contribution in [0.25, 0.3) is 21.5 Å². The molecule has 9 rings (SSSR count). The van der Waals surface area contributed by atoms with Gasteiger partial charge in [-0.15, -0.1) is 13.2 Å². The van der Waals surface area contributed by atoms with Gasteiger partial charge in [0.05, 0.1) is 0 Å². The fraction of sp³-hybridized carbons (Fsp3) is 0.224. The summed E-state index contributed by atoms with van der Waals surface area (Å²) >= 11 is 0. The molecule has 7 aromatic carbocycles. The predicted molar refractivity (Wildman–Crippen MR) is 229 cm³/mol. The molecule has 0 spiro atoms. The van der Waals surface area contributed by atoms with Crippen molar-refractivity contribution in [2.24, 2.45) is 0 Å². The molecule has 0 aliphatic carbocycles. The molecule has 0 unspecified atom stereocenters. The summed E-state index contributed by atoms with van der Waals surface area (Å²) in [6.45, 7) is 17.0. The van der Waals surface area contributed by atoms with E-state index in [0.717, 1.165) is 71.8 Å². The minimum atomic E-state index is -4.89. The summed E-state index contributed by atoms with van der Waals surface area (Å²) in [5, 5.41) is 4.37. The van der Waals surface area contributed by atoms with Crippen LogP contribution in [0.2, 0.25) is 0 Å². The van der Waals surface area contributed by atoms with Crippen LogP contribution in [-0.2, 0) is 10.8 Å². The van der Waals surface area contributed by atoms with Crippen LogP contribution in [0.5, 0.6) is 5.75 Å². The quantitative estimate of drug-likeness (QED) is 0.168. The zero-order valence-corrected chi connectivity index (χ0v) is 33.1. The molecular weight excluding hydrogens is 700 g/mol. The minimum Gasteiger partial charge on any atom is -0.406 e. The molecule has 0 saturated heterocycles. The average Bonchev–Trinajstić information content (AvgIpc) is 3.11. The number of ether oxygens (including phenoxy) is 1. The van der Waals surface area contributed by atoms with E-state index < -0.39 is 6.36 Å². The summed E-state index contributed by atoms with van der Waals surface area (Å²) < 4.78 is 47.7. The first-order valence-electron chi connectivity index (χ1n) is 19.3. The Morgan fingerprint density at radius 2 is 0.929 bits per heavy atom. The van der Waals surface area contributed by atoms with Crippen LogP contribution in [0.1, 0.15) is 63.8 Å². The van der Waals surface area contributed by atoms with Gasteiger partial charge in [0.25, 0.3) is 6.71 Å². The first-order chi connectivity index (χ1) is 26.4. The van der Waals surface area contributed by atoms with E-state index in [4.69, 9.17) is 4.74 Å². The highest BCUT2D eigenvalue weighted by molar-refractivity contribution is 7.00. The summed E-state index contributed by atoms with van der Waals surface area (Å²) in [5.41, 5.74) is 12.4. The molecule has 56 heavy (non-hydrogen) atoms. The van der Waals surface area contributed by atoms with E-state index >= 15 is 0 Å². The van der Waals surface area contributed by atoms with Crippen LogP contribution in [0.15, 0.2) is 121 Å². The first-order valence-corrected chi connectivity index (χ1v) is 19.3. The van der Waals surface area contributed by atoms with Crippen molar-refractivity contribution in [3.63, 3.8) is 0 Å². The number of alkyl halides is 3. The topological polar surface area (TPSA) is 15.7 Å². The SMILES string of the molecule is Cc1cccc(N2c3cc4cc(C(C)(C)C)ccc4cc3B3c4cc5ccc(C(C)(C)C)cc5cc4N(c4cccc(C)c4)c4cc(OC(F)(F)F)cc2c43)c1. The summed E-state index contributed by atoms with van der Waals surface area (Å²) in [4.78, 5) is 4.28. The van der Waals surface area contributed by atoms with E-state index in [9.17, 15) is 13.2 Å². The molecule has 7 heteroatoms. The van der Waals surface area contributed by atoms with Gasteiger partial charge < -0.3 is 14.5 Å². The fourth-order valence-corrected chi connectivity index (χ4v) is 8.67. The predicted octanol–water partition coefficient (Wildman–Crippen LogP) is 12.2. The first kappa shape index (κ1) is 36.0. The lowest BCUT2D eigenvalue weighted by molar-refractivity contribution is -0.274. The second kappa shape index (κ2) is 12.4. The molecule has 7 aromatic rings. The second-order valence-electron chi connectivity index (χ2n) is 17.7. The average molecular weight is 745 g/mol. The summed E-state index contributed by atoms with van der Waals surface area (Å²) in [6.07, 6.45) is -4.89. The summed E-state index contributed by atoms with van der Waals surface area (Å²) in [6, 6.07) is 41.9. The maximum absolute atomic E-state index is 14.3. The van der Waals surface area contributed by atoms with Crippen LogP contribution in [-0.4, -0.2) is 13.1 Å². The Balaban J connectivity index is 1.43. The highest BCUT2D eigenvalue weighted by Gasteiger charge is 2.45. The molecule has 2 heterocycles. The zero-order chi connectivity index (χ0) is 39.5. The number of aryl methyl sites for hydroxylation is 2. The van der Waals surface area contributed by atoms with Gasteiger partial charge >= 0.3 is 6.36 Å². The number of fused-ring (bicyclic) bond motifs is 6. The fourth-order valence-electron chi connectivity index (χ4n) is 8.67. The Labute approximate surface area is 327 Å². The molecule has 280 valence electrons. The standard InChI is InChI=1S/C49H44BF3N2O/c1-29-11-9-13-37(19-29)54-42-25-33-21-35(47(3,4)5)17-15-31(33)23-40(42)50-41-24-32-16-18-36(48(6,7)8)22-34(32)26-43(41)55(38-14-10-12-30(2)20-38)45-28-39(56-49(51,52)53)27-44(54)46(45)50/h9-28H,1-8H3. The molecule has 3 nitrogen and oxygen atoms in total. The van der Waals surface area contributed by atoms with Gasteiger partial charge in [0.2, 0.25) is 0 Å². The van der Waals surface area contributed by atoms with Crippen LogP contribution in [0.4, 0.5) is 47.3 Å². The van der Waals surface area contributed by atoms with Crippen LogP contribution in [0.3, 0.4) is 0 Å². The second-order valence-corrected chi connectivity index (χ2v) is 17.7. The lowest BCUT2D eigenvalue weighted by atomic mass is 9.33. The van der Waals surface area contributed by atoms with Gasteiger partial charge in [-0.2, -0.15) is 0 Å². The third-order valence-corrected chi connectivity index (χ3v) is 11.4. The Kier molecular flexibility index (Phi) is 7.97. The van der Waals surface area contributed by atoms with Gasteiger partial charge in [-0.05, 0) is 121 Å². The van der Waals surface area contributed by atoms with Crippen molar-refractivity contribution in [2.45, 2.75) is 72.6 Å². The van der Waals surface area contributed by atoms with Crippen LogP contribution >= 0.6 is 0 Å². The number of halogens is 3. The van der Waals surface area contributed by atoms with E-state index in [1.807, 2.05) is 50.2 Å². The van der Waals surface area contributed by atoms with E-state index in [1.165, 1.54) is 11.1 Å². The van der Waals surface area contributed by atoms with Gasteiger partial charge in [-0.1, -0.05) is 114 Å². The van der Waals surface area contributed by atoms with E-state index in [1.54, 1.807) is 12.1 Å². The normalized spacial score (nSPS) is 13.9. The van der Waals surface area contributed by atoms with Gasteiger partial charge in [-0.25, -0.2) is 0 Å². The molecule has 2 aliphatic rings. The van der Waals surface area contributed by atoms with E-state index in [0.29, 0.717) is 11.4 Å². The highest BCUT2D eigenvalue weighted by atomic mass is 19.4. The van der Waals surface area contributed by atoms with Gasteiger partial charge in [0.1, 0.15) is 5.75 Å². The lowest BCUT2D eigenvalue weighted by Gasteiger charge is -2.44. The number of hydrogen-bond acceptors (Lipinski definition) is 3. The lowest BCUT2D eigenvalue weighted by Crippen LogP contribution is -2.61. The van der Waals surface area contributed by atoms with Gasteiger partial charge in [0, 0.05) is 46.3 Å². The Bertz CT molecular complexity index is 2560. The summed E-state index contributed by atoms with van der Waals surface area (Å²) in [5.74, 6) is -0.265. The van der Waals surface area contributed by atoms with Crippen molar-refractivity contribution in [3.05, 3.63) is 144 Å². The zero-order valence-electron chi connectivity index (χ0n) is 33.1. The Morgan fingerprint density at radius 3 is 1.32 bits per heavy atom. The maximum Gasteiger partial charge on any atom is 0.573 e. The number of nitrogens with zero attached hydrogens (tertiary/aromatic N) is 2. The highest BCUT2D eigenvalue weighted by Crippen LogP contribution is 2.48. The molecule has 0 N–H and O–H groups in total. The monoisotopic (exact) mass is 744 g/mol. The maximum atomic E-state index is 14.3. The van der Waals surface area contributed by atoms with Gasteiger partial charge in [-0.3, -0.25) is 0 Å². The minimum absolute atomic E-state index is 0.0683. The number of hydrogen-bond donors (Lipinski definition) is 0. The summed E-state index contributed by atoms with van der Waals surface area (Å²) in [7, 11) is 0. The molecule has 0 radical (unpaired) electrons. The van der Waals surface area contributed by atoms with E-state index in [-0.39, 0.29) is 23.3 Å². The number of benzene rings is 7. The molecular formula is C49H44BF3N2O. The smallest absolute Gasteiger partial charge is 0.406 e. The third kappa shape index (κ3) is 6.09. The Hall–Kier alpha value is -5.69. The molecule has 0 amide bonds. The van der Waals surface area contributed by atoms with Crippen LogP contribution in [0, 0.1) is 13.8 Å². The van der Waals surface area contributed by atoms with Crippen molar-refractivity contribution in [3.8, 4) is 5.75 Å². The molecule has 0 saturated carbocycles. The van der Waals surface area contributed by atoms with Crippen molar-refractivity contribution in [2.75, 3.05) is 9.80 Å². The van der Waals surface area contributed by atoms with Gasteiger partial charge in [0.15, 0.2) is 0 Å². The molecule has 0 bridgehead atoms. The van der Waals surface area contributed by atoms with Crippen LogP contribution < -0.4 is 30.9 Å². The largest absolute Gasteiger partial charge is 0.573 e. The van der Waals surface area contributed by atoms with Crippen molar-refractivity contribution >= 4 is 78.8 Å². The molecule has 0 atom stereocenters.